The zero-order valence-electron chi connectivity index (χ0n) is 30.4. The van der Waals surface area contributed by atoms with Crippen molar-refractivity contribution in [1.29, 1.82) is 0 Å². The molecule has 0 N–H and O–H groups in total. The Kier molecular flexibility index (Phi) is 7.86. The van der Waals surface area contributed by atoms with E-state index in [9.17, 15) is 8.78 Å². The van der Waals surface area contributed by atoms with Gasteiger partial charge in [-0.3, -0.25) is 0 Å². The Labute approximate surface area is 307 Å². The minimum Gasteiger partial charge on any atom is -0.309 e. The van der Waals surface area contributed by atoms with Gasteiger partial charge in [-0.05, 0) is 76.1 Å². The third-order valence-electron chi connectivity index (χ3n) is 10.3. The standard InChI is InChI=1S/C45H35F7N2/c1-43(2,3)25-15-17-35-29(21-25)27-11-7-9-13-33(27)53(35)37-19-24(39-31(46)23-32(47)41(48)42(39)49)20-38(40(37)45(50,51)52)54-34-14-10-8-12-28(34)30-22-26(44(4,5)6)16-18-36(30)54/h7-23H,1-6H3. The third kappa shape index (κ3) is 5.46. The molecular weight excluding hydrogens is 701 g/mol. The molecule has 54 heavy (non-hydrogen) atoms. The van der Waals surface area contributed by atoms with Crippen LogP contribution in [0, 0.1) is 23.3 Å². The fraction of sp³-hybridized carbons (Fsp3) is 0.200. The molecular formula is C45H35F7N2. The summed E-state index contributed by atoms with van der Waals surface area (Å²) in [5.74, 6) is -7.00. The lowest BCUT2D eigenvalue weighted by Gasteiger charge is -2.24. The molecule has 0 spiro atoms. The maximum Gasteiger partial charge on any atom is 0.420 e. The largest absolute Gasteiger partial charge is 0.420 e. The fourth-order valence-electron chi connectivity index (χ4n) is 7.63. The predicted octanol–water partition coefficient (Wildman–Crippen LogP) is 13.7. The minimum atomic E-state index is -5.03. The van der Waals surface area contributed by atoms with Gasteiger partial charge in [0.25, 0.3) is 0 Å². The number of halogens is 7. The second-order valence-electron chi connectivity index (χ2n) is 15.9. The number of hydrogen-bond acceptors (Lipinski definition) is 0. The molecule has 0 unspecified atom stereocenters. The van der Waals surface area contributed by atoms with Crippen molar-refractivity contribution in [2.75, 3.05) is 0 Å². The smallest absolute Gasteiger partial charge is 0.309 e. The van der Waals surface area contributed by atoms with Crippen molar-refractivity contribution < 1.29 is 30.7 Å². The monoisotopic (exact) mass is 736 g/mol. The molecule has 274 valence electrons. The van der Waals surface area contributed by atoms with Gasteiger partial charge in [0.15, 0.2) is 17.5 Å². The van der Waals surface area contributed by atoms with E-state index in [0.29, 0.717) is 43.6 Å². The van der Waals surface area contributed by atoms with Crippen molar-refractivity contribution in [3.63, 3.8) is 0 Å². The van der Waals surface area contributed by atoms with Crippen molar-refractivity contribution >= 4 is 43.6 Å². The van der Waals surface area contributed by atoms with E-state index in [1.807, 2.05) is 77.9 Å². The molecule has 2 heterocycles. The molecule has 0 aliphatic heterocycles. The summed E-state index contributed by atoms with van der Waals surface area (Å²) in [5.41, 5.74) is -0.361. The molecule has 8 rings (SSSR count). The Hall–Kier alpha value is -5.57. The summed E-state index contributed by atoms with van der Waals surface area (Å²) >= 11 is 0. The molecule has 0 atom stereocenters. The Bertz CT molecular complexity index is 2670. The van der Waals surface area contributed by atoms with Gasteiger partial charge in [0.2, 0.25) is 0 Å². The predicted molar refractivity (Wildman–Crippen MR) is 203 cm³/mol. The Morgan fingerprint density at radius 3 is 1.30 bits per heavy atom. The van der Waals surface area contributed by atoms with Gasteiger partial charge in [-0.2, -0.15) is 13.2 Å². The van der Waals surface area contributed by atoms with Crippen molar-refractivity contribution in [2.45, 2.75) is 58.5 Å². The average molecular weight is 737 g/mol. The van der Waals surface area contributed by atoms with Crippen LogP contribution in [-0.2, 0) is 17.0 Å². The van der Waals surface area contributed by atoms with Crippen LogP contribution in [0.4, 0.5) is 30.7 Å². The highest BCUT2D eigenvalue weighted by atomic mass is 19.4. The lowest BCUT2D eigenvalue weighted by molar-refractivity contribution is -0.137. The Balaban J connectivity index is 1.60. The number of fused-ring (bicyclic) bond motifs is 6. The number of para-hydroxylation sites is 2. The van der Waals surface area contributed by atoms with Gasteiger partial charge in [-0.1, -0.05) is 90.1 Å². The maximum atomic E-state index is 16.1. The normalized spacial score (nSPS) is 12.9. The van der Waals surface area contributed by atoms with Gasteiger partial charge in [0, 0.05) is 27.6 Å². The lowest BCUT2D eigenvalue weighted by atomic mass is 9.86. The zero-order chi connectivity index (χ0) is 38.6. The topological polar surface area (TPSA) is 9.86 Å². The number of hydrogen-bond donors (Lipinski definition) is 0. The lowest BCUT2D eigenvalue weighted by Crippen LogP contribution is -2.16. The number of alkyl halides is 3. The van der Waals surface area contributed by atoms with Gasteiger partial charge in [0.1, 0.15) is 11.4 Å². The molecule has 0 aliphatic carbocycles. The first-order chi connectivity index (χ1) is 25.4. The van der Waals surface area contributed by atoms with Crippen LogP contribution >= 0.6 is 0 Å². The van der Waals surface area contributed by atoms with E-state index in [2.05, 4.69) is 0 Å². The quantitative estimate of drug-likeness (QED) is 0.0971. The Morgan fingerprint density at radius 2 is 0.870 bits per heavy atom. The minimum absolute atomic E-state index is 0.202. The van der Waals surface area contributed by atoms with E-state index >= 15 is 22.0 Å². The molecule has 0 radical (unpaired) electrons. The molecule has 0 fully saturated rings. The highest BCUT2D eigenvalue weighted by molar-refractivity contribution is 6.11. The van der Waals surface area contributed by atoms with Crippen molar-refractivity contribution in [3.05, 3.63) is 143 Å². The summed E-state index contributed by atoms with van der Waals surface area (Å²) in [5, 5.41) is 2.68. The van der Waals surface area contributed by atoms with Crippen LogP contribution in [0.2, 0.25) is 0 Å². The van der Waals surface area contributed by atoms with E-state index in [4.69, 9.17) is 0 Å². The molecule has 2 nitrogen and oxygen atoms in total. The molecule has 8 aromatic rings. The highest BCUT2D eigenvalue weighted by Gasteiger charge is 2.40. The molecule has 0 saturated heterocycles. The number of rotatable bonds is 3. The number of benzene rings is 6. The van der Waals surface area contributed by atoms with E-state index in [-0.39, 0.29) is 16.9 Å². The summed E-state index contributed by atoms with van der Waals surface area (Å²) in [4.78, 5) is 0. The van der Waals surface area contributed by atoms with E-state index < -0.39 is 57.5 Å². The second kappa shape index (κ2) is 12.0. The van der Waals surface area contributed by atoms with Gasteiger partial charge in [-0.25, -0.2) is 17.6 Å². The van der Waals surface area contributed by atoms with Crippen LogP contribution in [0.5, 0.6) is 0 Å². The molecule has 9 heteroatoms. The van der Waals surface area contributed by atoms with Crippen molar-refractivity contribution in [2.24, 2.45) is 0 Å². The molecule has 0 amide bonds. The fourth-order valence-corrected chi connectivity index (χ4v) is 7.63. The summed E-state index contributed by atoms with van der Waals surface area (Å²) in [7, 11) is 0. The summed E-state index contributed by atoms with van der Waals surface area (Å²) in [6, 6.07) is 27.3. The van der Waals surface area contributed by atoms with Crippen LogP contribution < -0.4 is 0 Å². The van der Waals surface area contributed by atoms with Crippen LogP contribution in [-0.4, -0.2) is 9.13 Å². The number of nitrogens with zero attached hydrogens (tertiary/aromatic N) is 2. The van der Waals surface area contributed by atoms with Gasteiger partial charge in [0.05, 0.1) is 39.0 Å². The zero-order valence-corrected chi connectivity index (χ0v) is 30.4. The third-order valence-corrected chi connectivity index (χ3v) is 10.3. The second-order valence-corrected chi connectivity index (χ2v) is 15.9. The summed E-state index contributed by atoms with van der Waals surface area (Å²) in [6.45, 7) is 12.2. The molecule has 0 bridgehead atoms. The molecule has 0 saturated carbocycles. The maximum absolute atomic E-state index is 16.1. The first-order valence-electron chi connectivity index (χ1n) is 17.5. The van der Waals surface area contributed by atoms with Crippen LogP contribution in [0.3, 0.4) is 0 Å². The van der Waals surface area contributed by atoms with E-state index in [0.717, 1.165) is 23.3 Å². The SMILES string of the molecule is CC(C)(C)c1ccc2c(c1)c1ccccc1n2-c1cc(-c2c(F)cc(F)c(F)c2F)cc(-n2c3ccccc3c3cc(C(C)(C)C)ccc32)c1C(F)(F)F. The first-order valence-corrected chi connectivity index (χ1v) is 17.5. The Morgan fingerprint density at radius 1 is 0.444 bits per heavy atom. The van der Waals surface area contributed by atoms with Gasteiger partial charge >= 0.3 is 6.18 Å². The average Bonchev–Trinajstić information content (AvgIpc) is 3.61. The summed E-state index contributed by atoms with van der Waals surface area (Å²) in [6.07, 6.45) is -5.03. The molecule has 6 aromatic carbocycles. The van der Waals surface area contributed by atoms with Crippen LogP contribution in [0.25, 0.3) is 66.1 Å². The van der Waals surface area contributed by atoms with E-state index in [1.165, 1.54) is 9.13 Å². The van der Waals surface area contributed by atoms with Gasteiger partial charge in [-0.15, -0.1) is 0 Å². The van der Waals surface area contributed by atoms with Crippen molar-refractivity contribution in [1.82, 2.24) is 9.13 Å². The molecule has 2 aromatic heterocycles. The summed E-state index contributed by atoms with van der Waals surface area (Å²) < 4.78 is 112. The first kappa shape index (κ1) is 35.5. The van der Waals surface area contributed by atoms with Crippen LogP contribution in [0.15, 0.2) is 103 Å². The van der Waals surface area contributed by atoms with Crippen LogP contribution in [0.1, 0.15) is 58.2 Å². The number of aromatic nitrogens is 2. The van der Waals surface area contributed by atoms with Gasteiger partial charge < -0.3 is 9.13 Å². The van der Waals surface area contributed by atoms with E-state index in [1.54, 1.807) is 48.5 Å². The van der Waals surface area contributed by atoms with Crippen molar-refractivity contribution in [3.8, 4) is 22.5 Å². The molecule has 0 aliphatic rings. The highest BCUT2D eigenvalue weighted by Crippen LogP contribution is 2.47.